The molecular formula is C24H23BrN2O6. The molecule has 0 heterocycles. The zero-order valence-corrected chi connectivity index (χ0v) is 19.5. The summed E-state index contributed by atoms with van der Waals surface area (Å²) in [5, 5.41) is 2.01. The average Bonchev–Trinajstić information content (AvgIpc) is 2.84. The summed E-state index contributed by atoms with van der Waals surface area (Å²) in [6, 6.07) is 17.7. The van der Waals surface area contributed by atoms with Gasteiger partial charge in [0, 0.05) is 0 Å². The summed E-state index contributed by atoms with van der Waals surface area (Å²) in [5.41, 5.74) is 4.92. The number of benzene rings is 3. The van der Waals surface area contributed by atoms with Crippen LogP contribution in [0, 0.1) is 0 Å². The van der Waals surface area contributed by atoms with Crippen LogP contribution in [0.25, 0.3) is 10.8 Å². The number of halogens is 1. The van der Waals surface area contributed by atoms with Crippen LogP contribution in [-0.2, 0) is 14.3 Å². The third-order valence-corrected chi connectivity index (χ3v) is 5.24. The smallest absolute Gasteiger partial charge is 0.338 e. The van der Waals surface area contributed by atoms with Gasteiger partial charge in [-0.1, -0.05) is 37.3 Å². The summed E-state index contributed by atoms with van der Waals surface area (Å²) < 4.78 is 16.7. The highest BCUT2D eigenvalue weighted by Crippen LogP contribution is 2.32. The van der Waals surface area contributed by atoms with Crippen molar-refractivity contribution in [2.75, 3.05) is 19.8 Å². The van der Waals surface area contributed by atoms with Gasteiger partial charge in [0.05, 0.1) is 16.6 Å². The molecule has 2 N–H and O–H groups in total. The van der Waals surface area contributed by atoms with Gasteiger partial charge in [0.25, 0.3) is 11.8 Å². The van der Waals surface area contributed by atoms with Crippen LogP contribution in [-0.4, -0.2) is 37.6 Å². The maximum atomic E-state index is 12.0. The summed E-state index contributed by atoms with van der Waals surface area (Å²) >= 11 is 3.49. The minimum absolute atomic E-state index is 0.284. The first-order chi connectivity index (χ1) is 16.0. The van der Waals surface area contributed by atoms with Crippen LogP contribution >= 0.6 is 15.9 Å². The summed E-state index contributed by atoms with van der Waals surface area (Å²) in [6.45, 7) is 1.66. The number of carbonyl (C=O) groups excluding carboxylic acids is 3. The first-order valence-electron chi connectivity index (χ1n) is 10.3. The zero-order valence-electron chi connectivity index (χ0n) is 17.9. The van der Waals surface area contributed by atoms with Crippen LogP contribution < -0.4 is 20.3 Å². The van der Waals surface area contributed by atoms with E-state index in [9.17, 15) is 14.4 Å². The van der Waals surface area contributed by atoms with Crippen LogP contribution in [0.1, 0.15) is 23.7 Å². The van der Waals surface area contributed by atoms with Crippen molar-refractivity contribution in [1.29, 1.82) is 0 Å². The molecule has 0 bridgehead atoms. The van der Waals surface area contributed by atoms with Crippen molar-refractivity contribution in [2.24, 2.45) is 0 Å². The molecule has 8 nitrogen and oxygen atoms in total. The van der Waals surface area contributed by atoms with Crippen LogP contribution in [0.5, 0.6) is 11.5 Å². The van der Waals surface area contributed by atoms with E-state index < -0.39 is 17.8 Å². The van der Waals surface area contributed by atoms with Crippen molar-refractivity contribution in [1.82, 2.24) is 10.9 Å². The largest absolute Gasteiger partial charge is 0.484 e. The summed E-state index contributed by atoms with van der Waals surface area (Å²) in [6.07, 6.45) is 0.742. The van der Waals surface area contributed by atoms with E-state index in [0.717, 1.165) is 21.7 Å². The van der Waals surface area contributed by atoms with Crippen molar-refractivity contribution in [3.63, 3.8) is 0 Å². The molecule has 0 saturated heterocycles. The third kappa shape index (κ3) is 6.95. The van der Waals surface area contributed by atoms with Crippen LogP contribution in [0.4, 0.5) is 0 Å². The molecule has 0 unspecified atom stereocenters. The van der Waals surface area contributed by atoms with Gasteiger partial charge in [-0.3, -0.25) is 20.4 Å². The van der Waals surface area contributed by atoms with Crippen molar-refractivity contribution >= 4 is 44.5 Å². The molecule has 9 heteroatoms. The van der Waals surface area contributed by atoms with Crippen LogP contribution in [0.2, 0.25) is 0 Å². The number of hydrazine groups is 1. The maximum Gasteiger partial charge on any atom is 0.338 e. The fraction of sp³-hybridized carbons (Fsp3) is 0.208. The number of amides is 2. The zero-order chi connectivity index (χ0) is 23.6. The molecule has 0 saturated carbocycles. The number of nitrogens with one attached hydrogen (secondary N) is 2. The molecule has 172 valence electrons. The van der Waals surface area contributed by atoms with Crippen molar-refractivity contribution in [3.05, 3.63) is 70.7 Å². The molecule has 3 rings (SSSR count). The number of rotatable bonds is 9. The Balaban J connectivity index is 1.39. The standard InChI is InChI=1S/C24H23BrN2O6/c1-2-13-31-24(30)17-7-10-18(11-8-17)32-14-21(28)26-27-22(29)15-33-20-12-9-16-5-3-4-6-19(16)23(20)25/h3-12H,2,13-15H2,1H3,(H,26,28)(H,27,29). The fourth-order valence-electron chi connectivity index (χ4n) is 2.79. The fourth-order valence-corrected chi connectivity index (χ4v) is 3.40. The molecule has 0 aliphatic rings. The molecule has 3 aromatic carbocycles. The average molecular weight is 515 g/mol. The highest BCUT2D eigenvalue weighted by molar-refractivity contribution is 9.10. The first kappa shape index (κ1) is 24.1. The van der Waals surface area contributed by atoms with E-state index in [1.165, 1.54) is 0 Å². The number of hydrogen-bond acceptors (Lipinski definition) is 6. The van der Waals surface area contributed by atoms with Gasteiger partial charge in [-0.15, -0.1) is 0 Å². The predicted molar refractivity (Wildman–Crippen MR) is 126 cm³/mol. The Bertz CT molecular complexity index is 1130. The Morgan fingerprint density at radius 3 is 2.21 bits per heavy atom. The van der Waals surface area contributed by atoms with E-state index in [1.807, 2.05) is 37.3 Å². The lowest BCUT2D eigenvalue weighted by atomic mass is 10.1. The van der Waals surface area contributed by atoms with Gasteiger partial charge in [-0.25, -0.2) is 4.79 Å². The summed E-state index contributed by atoms with van der Waals surface area (Å²) in [4.78, 5) is 35.7. The minimum atomic E-state index is -0.554. The Morgan fingerprint density at radius 1 is 0.848 bits per heavy atom. The second-order valence-corrected chi connectivity index (χ2v) is 7.73. The van der Waals surface area contributed by atoms with Gasteiger partial charge in [0.15, 0.2) is 13.2 Å². The molecular weight excluding hydrogens is 492 g/mol. The van der Waals surface area contributed by atoms with Gasteiger partial charge in [0.1, 0.15) is 11.5 Å². The van der Waals surface area contributed by atoms with Crippen molar-refractivity contribution in [3.8, 4) is 11.5 Å². The van der Waals surface area contributed by atoms with E-state index >= 15 is 0 Å². The summed E-state index contributed by atoms with van der Waals surface area (Å²) in [5.74, 6) is -0.588. The van der Waals surface area contributed by atoms with Gasteiger partial charge in [0.2, 0.25) is 0 Å². The molecule has 0 atom stereocenters. The van der Waals surface area contributed by atoms with Gasteiger partial charge >= 0.3 is 5.97 Å². The van der Waals surface area contributed by atoms with Crippen molar-refractivity contribution < 1.29 is 28.6 Å². The quantitative estimate of drug-likeness (QED) is 0.332. The number of fused-ring (bicyclic) bond motifs is 1. The number of carbonyl (C=O) groups is 3. The Kier molecular flexibility index (Phi) is 8.65. The second-order valence-electron chi connectivity index (χ2n) is 6.93. The molecule has 33 heavy (non-hydrogen) atoms. The van der Waals surface area contributed by atoms with Crippen LogP contribution in [0.3, 0.4) is 0 Å². The highest BCUT2D eigenvalue weighted by atomic mass is 79.9. The molecule has 0 radical (unpaired) electrons. The lowest BCUT2D eigenvalue weighted by molar-refractivity contribution is -0.131. The van der Waals surface area contributed by atoms with Gasteiger partial charge < -0.3 is 14.2 Å². The molecule has 2 amide bonds. The molecule has 3 aromatic rings. The molecule has 0 fully saturated rings. The van der Waals surface area contributed by atoms with E-state index in [4.69, 9.17) is 14.2 Å². The lowest BCUT2D eigenvalue weighted by Crippen LogP contribution is -2.45. The van der Waals surface area contributed by atoms with Gasteiger partial charge in [-0.2, -0.15) is 0 Å². The highest BCUT2D eigenvalue weighted by Gasteiger charge is 2.11. The number of hydrogen-bond donors (Lipinski definition) is 2. The van der Waals surface area contributed by atoms with E-state index in [-0.39, 0.29) is 13.2 Å². The number of ether oxygens (including phenoxy) is 3. The lowest BCUT2D eigenvalue weighted by Gasteiger charge is -2.12. The monoisotopic (exact) mass is 514 g/mol. The van der Waals surface area contributed by atoms with Crippen LogP contribution in [0.15, 0.2) is 65.1 Å². The Labute approximate surface area is 199 Å². The van der Waals surface area contributed by atoms with E-state index in [1.54, 1.807) is 30.3 Å². The SMILES string of the molecule is CCCOC(=O)c1ccc(OCC(=O)NNC(=O)COc2ccc3ccccc3c2Br)cc1. The minimum Gasteiger partial charge on any atom is -0.484 e. The molecule has 0 aliphatic carbocycles. The van der Waals surface area contributed by atoms with Crippen molar-refractivity contribution in [2.45, 2.75) is 13.3 Å². The topological polar surface area (TPSA) is 103 Å². The van der Waals surface area contributed by atoms with Gasteiger partial charge in [-0.05, 0) is 63.5 Å². The summed E-state index contributed by atoms with van der Waals surface area (Å²) in [7, 11) is 0. The predicted octanol–water partition coefficient (Wildman–Crippen LogP) is 3.77. The van der Waals surface area contributed by atoms with E-state index in [2.05, 4.69) is 26.8 Å². The molecule has 0 spiro atoms. The van der Waals surface area contributed by atoms with E-state index in [0.29, 0.717) is 23.7 Å². The molecule has 0 aromatic heterocycles. The second kappa shape index (κ2) is 11.9. The molecule has 0 aliphatic heterocycles. The third-order valence-electron chi connectivity index (χ3n) is 4.43. The number of esters is 1. The normalized spacial score (nSPS) is 10.4. The Hall–Kier alpha value is -3.59. The maximum absolute atomic E-state index is 12.0. The first-order valence-corrected chi connectivity index (χ1v) is 11.0. The Morgan fingerprint density at radius 2 is 1.52 bits per heavy atom.